The van der Waals surface area contributed by atoms with Gasteiger partial charge in [0.2, 0.25) is 0 Å². The minimum atomic E-state index is -0.735. The zero-order valence-corrected chi connectivity index (χ0v) is 19.6. The normalized spacial score (nSPS) is 11.9. The summed E-state index contributed by atoms with van der Waals surface area (Å²) in [5.41, 5.74) is 4.75. The van der Waals surface area contributed by atoms with E-state index in [1.54, 1.807) is 18.2 Å². The summed E-state index contributed by atoms with van der Waals surface area (Å²) in [6, 6.07) is 23.6. The van der Waals surface area contributed by atoms with Crippen molar-refractivity contribution in [2.45, 2.75) is 39.1 Å². The van der Waals surface area contributed by atoms with Gasteiger partial charge >= 0.3 is 5.97 Å². The number of benzene rings is 3. The van der Waals surface area contributed by atoms with E-state index < -0.39 is 12.1 Å². The first-order valence-corrected chi connectivity index (χ1v) is 11.6. The first kappa shape index (κ1) is 25.6. The van der Waals surface area contributed by atoms with Crippen molar-refractivity contribution < 1.29 is 24.5 Å². The monoisotopic (exact) mass is 463 g/mol. The molecule has 0 spiro atoms. The lowest BCUT2D eigenvalue weighted by molar-refractivity contribution is -0.131. The molecule has 0 amide bonds. The lowest BCUT2D eigenvalue weighted by Gasteiger charge is -2.15. The van der Waals surface area contributed by atoms with Crippen molar-refractivity contribution in [1.82, 2.24) is 5.32 Å². The molecule has 0 bridgehead atoms. The summed E-state index contributed by atoms with van der Waals surface area (Å²) >= 11 is 0. The quantitative estimate of drug-likeness (QED) is 0.203. The molecule has 180 valence electrons. The van der Waals surface area contributed by atoms with Gasteiger partial charge in [-0.2, -0.15) is 0 Å². The molecular weight excluding hydrogens is 430 g/mol. The molecule has 0 radical (unpaired) electrons. The number of esters is 1. The Hall–Kier alpha value is -3.03. The molecule has 1 atom stereocenters. The maximum Gasteiger partial charge on any atom is 0.308 e. The van der Waals surface area contributed by atoms with Crippen LogP contribution in [0.4, 0.5) is 0 Å². The second-order valence-corrected chi connectivity index (χ2v) is 8.20. The van der Waals surface area contributed by atoms with Crippen LogP contribution in [0.5, 0.6) is 5.75 Å². The fourth-order valence-corrected chi connectivity index (χ4v) is 3.67. The smallest absolute Gasteiger partial charge is 0.308 e. The number of ether oxygens (including phenoxy) is 2. The number of hydrogen-bond donors (Lipinski definition) is 3. The van der Waals surface area contributed by atoms with Crippen LogP contribution in [-0.2, 0) is 35.6 Å². The minimum absolute atomic E-state index is 0.275. The summed E-state index contributed by atoms with van der Waals surface area (Å²) in [4.78, 5) is 11.2. The largest absolute Gasteiger partial charge is 0.426 e. The van der Waals surface area contributed by atoms with E-state index >= 15 is 0 Å². The molecule has 6 nitrogen and oxygen atoms in total. The van der Waals surface area contributed by atoms with Crippen LogP contribution < -0.4 is 10.1 Å². The molecule has 3 aromatic rings. The van der Waals surface area contributed by atoms with E-state index in [9.17, 15) is 15.0 Å². The number of carbonyl (C=O) groups is 1. The predicted octanol–water partition coefficient (Wildman–Crippen LogP) is 3.73. The fraction of sp³-hybridized carbons (Fsp3) is 0.321. The SMILES string of the molecule is CC(=O)Oc1ccc(C(O)CNCCc2cccc(COCCc3ccccc3)c2)cc1CO. The van der Waals surface area contributed by atoms with Crippen LogP contribution in [0.2, 0.25) is 0 Å². The summed E-state index contributed by atoms with van der Waals surface area (Å²) in [5, 5.41) is 23.3. The van der Waals surface area contributed by atoms with Crippen LogP contribution in [0.1, 0.15) is 40.8 Å². The highest BCUT2D eigenvalue weighted by atomic mass is 16.5. The molecule has 34 heavy (non-hydrogen) atoms. The number of carbonyl (C=O) groups excluding carboxylic acids is 1. The van der Waals surface area contributed by atoms with Crippen LogP contribution in [0, 0.1) is 0 Å². The molecule has 3 N–H and O–H groups in total. The van der Waals surface area contributed by atoms with Gasteiger partial charge in [-0.3, -0.25) is 4.79 Å². The summed E-state index contributed by atoms with van der Waals surface area (Å²) in [5.74, 6) is -0.143. The molecule has 0 aliphatic rings. The topological polar surface area (TPSA) is 88.0 Å². The van der Waals surface area contributed by atoms with Crippen LogP contribution in [-0.4, -0.2) is 35.9 Å². The molecule has 0 aliphatic carbocycles. The van der Waals surface area contributed by atoms with Crippen LogP contribution in [0.25, 0.3) is 0 Å². The van der Waals surface area contributed by atoms with Gasteiger partial charge in [0, 0.05) is 19.0 Å². The van der Waals surface area contributed by atoms with Crippen LogP contribution in [0.3, 0.4) is 0 Å². The lowest BCUT2D eigenvalue weighted by Crippen LogP contribution is -2.24. The van der Waals surface area contributed by atoms with Crippen molar-refractivity contribution in [3.8, 4) is 5.75 Å². The molecule has 0 aliphatic heterocycles. The van der Waals surface area contributed by atoms with Crippen molar-refractivity contribution in [2.75, 3.05) is 19.7 Å². The molecular formula is C28H33NO5. The van der Waals surface area contributed by atoms with Crippen molar-refractivity contribution in [3.05, 3.63) is 101 Å². The molecule has 0 heterocycles. The molecule has 0 fully saturated rings. The van der Waals surface area contributed by atoms with E-state index in [1.165, 1.54) is 18.1 Å². The van der Waals surface area contributed by atoms with Gasteiger partial charge in [0.05, 0.1) is 25.9 Å². The first-order chi connectivity index (χ1) is 16.5. The van der Waals surface area contributed by atoms with E-state index in [1.807, 2.05) is 24.3 Å². The Morgan fingerprint density at radius 3 is 2.47 bits per heavy atom. The fourth-order valence-electron chi connectivity index (χ4n) is 3.67. The Morgan fingerprint density at radius 2 is 1.71 bits per heavy atom. The molecule has 0 saturated carbocycles. The van der Waals surface area contributed by atoms with Crippen molar-refractivity contribution in [1.29, 1.82) is 0 Å². The van der Waals surface area contributed by atoms with Crippen molar-refractivity contribution in [3.63, 3.8) is 0 Å². The van der Waals surface area contributed by atoms with E-state index in [0.717, 1.165) is 18.4 Å². The molecule has 3 aromatic carbocycles. The number of hydrogen-bond acceptors (Lipinski definition) is 6. The van der Waals surface area contributed by atoms with Gasteiger partial charge < -0.3 is 25.0 Å². The third-order valence-electron chi connectivity index (χ3n) is 5.46. The van der Waals surface area contributed by atoms with E-state index in [0.29, 0.717) is 43.2 Å². The zero-order valence-electron chi connectivity index (χ0n) is 19.6. The Labute approximate surface area is 201 Å². The summed E-state index contributed by atoms with van der Waals surface area (Å²) < 4.78 is 10.9. The Kier molecular flexibility index (Phi) is 10.3. The zero-order chi connectivity index (χ0) is 24.2. The number of rotatable bonds is 13. The molecule has 6 heteroatoms. The molecule has 1 unspecified atom stereocenters. The first-order valence-electron chi connectivity index (χ1n) is 11.6. The highest BCUT2D eigenvalue weighted by Gasteiger charge is 2.12. The van der Waals surface area contributed by atoms with Gasteiger partial charge in [-0.05, 0) is 53.8 Å². The molecule has 3 rings (SSSR count). The summed E-state index contributed by atoms with van der Waals surface area (Å²) in [6.07, 6.45) is 0.998. The number of aliphatic hydroxyl groups excluding tert-OH is 2. The number of nitrogens with one attached hydrogen (secondary N) is 1. The van der Waals surface area contributed by atoms with Crippen LogP contribution in [0.15, 0.2) is 72.8 Å². The highest BCUT2D eigenvalue weighted by Crippen LogP contribution is 2.24. The Bertz CT molecular complexity index is 1040. The van der Waals surface area contributed by atoms with Gasteiger partial charge in [0.25, 0.3) is 0 Å². The predicted molar refractivity (Wildman–Crippen MR) is 131 cm³/mol. The van der Waals surface area contributed by atoms with Gasteiger partial charge in [0.15, 0.2) is 0 Å². The van der Waals surface area contributed by atoms with E-state index in [4.69, 9.17) is 9.47 Å². The van der Waals surface area contributed by atoms with Gasteiger partial charge in [-0.1, -0.05) is 60.7 Å². The average Bonchev–Trinajstić information content (AvgIpc) is 2.85. The van der Waals surface area contributed by atoms with Gasteiger partial charge in [-0.25, -0.2) is 0 Å². The van der Waals surface area contributed by atoms with Gasteiger partial charge in [-0.15, -0.1) is 0 Å². The lowest BCUT2D eigenvalue weighted by atomic mass is 10.0. The molecule has 0 saturated heterocycles. The Morgan fingerprint density at radius 1 is 0.941 bits per heavy atom. The summed E-state index contributed by atoms with van der Waals surface area (Å²) in [7, 11) is 0. The van der Waals surface area contributed by atoms with Crippen molar-refractivity contribution in [2.24, 2.45) is 0 Å². The maximum atomic E-state index is 11.2. The minimum Gasteiger partial charge on any atom is -0.426 e. The second kappa shape index (κ2) is 13.6. The van der Waals surface area contributed by atoms with Gasteiger partial charge in [0.1, 0.15) is 5.75 Å². The second-order valence-electron chi connectivity index (χ2n) is 8.20. The standard InChI is InChI=1S/C28H33NO5/c1-21(31)34-28-11-10-25(17-26(28)19-30)27(32)18-29-14-12-23-8-5-9-24(16-23)20-33-15-13-22-6-3-2-4-7-22/h2-11,16-17,27,29-30,32H,12-15,18-20H2,1H3. The number of aliphatic hydroxyl groups is 2. The van der Waals surface area contributed by atoms with Crippen LogP contribution >= 0.6 is 0 Å². The van der Waals surface area contributed by atoms with E-state index in [2.05, 4.69) is 35.6 Å². The summed E-state index contributed by atoms with van der Waals surface area (Å²) in [6.45, 7) is 3.40. The third kappa shape index (κ3) is 8.39. The van der Waals surface area contributed by atoms with Crippen molar-refractivity contribution >= 4 is 5.97 Å². The third-order valence-corrected chi connectivity index (χ3v) is 5.46. The maximum absolute atomic E-state index is 11.2. The van der Waals surface area contributed by atoms with E-state index in [-0.39, 0.29) is 6.61 Å². The average molecular weight is 464 g/mol. The highest BCUT2D eigenvalue weighted by molar-refractivity contribution is 5.69. The molecule has 0 aromatic heterocycles. The Balaban J connectivity index is 1.40.